The number of fused-ring (bicyclic) bond motifs is 1. The molecule has 0 fully saturated rings. The molecule has 172 valence electrons. The summed E-state index contributed by atoms with van der Waals surface area (Å²) in [6.07, 6.45) is 3.46. The number of anilines is 1. The Balaban J connectivity index is 1.60. The summed E-state index contributed by atoms with van der Waals surface area (Å²) in [7, 11) is 0. The van der Waals surface area contributed by atoms with Crippen LogP contribution < -0.4 is 4.90 Å². The zero-order chi connectivity index (χ0) is 23.8. The van der Waals surface area contributed by atoms with Crippen LogP contribution in [0.15, 0.2) is 60.8 Å². The fourth-order valence-electron chi connectivity index (χ4n) is 4.19. The van der Waals surface area contributed by atoms with Crippen LogP contribution in [0.2, 0.25) is 0 Å². The highest BCUT2D eigenvalue weighted by molar-refractivity contribution is 6.06. The Hall–Kier alpha value is -4.01. The van der Waals surface area contributed by atoms with Crippen molar-refractivity contribution in [2.75, 3.05) is 4.90 Å². The lowest BCUT2D eigenvalue weighted by Crippen LogP contribution is -2.32. The number of aromatic nitrogens is 3. The molecule has 0 spiro atoms. The molecule has 0 N–H and O–H groups in total. The molecular weight excluding hydrogens is 448 g/mol. The molecule has 0 radical (unpaired) electrons. The van der Waals surface area contributed by atoms with E-state index in [1.807, 2.05) is 0 Å². The van der Waals surface area contributed by atoms with Crippen molar-refractivity contribution in [3.8, 4) is 5.69 Å². The van der Waals surface area contributed by atoms with Gasteiger partial charge in [0.2, 0.25) is 0 Å². The molecule has 5 nitrogen and oxygen atoms in total. The van der Waals surface area contributed by atoms with Gasteiger partial charge in [-0.1, -0.05) is 6.07 Å². The number of halogens is 4. The first-order valence-corrected chi connectivity index (χ1v) is 10.7. The van der Waals surface area contributed by atoms with Gasteiger partial charge in [0.05, 0.1) is 23.6 Å². The second kappa shape index (κ2) is 8.74. The summed E-state index contributed by atoms with van der Waals surface area (Å²) in [4.78, 5) is 19.1. The van der Waals surface area contributed by atoms with Crippen molar-refractivity contribution in [1.29, 1.82) is 0 Å². The fourth-order valence-corrected chi connectivity index (χ4v) is 4.19. The van der Waals surface area contributed by atoms with Crippen LogP contribution in [-0.4, -0.2) is 20.7 Å². The van der Waals surface area contributed by atoms with Crippen LogP contribution in [0.5, 0.6) is 0 Å². The predicted octanol–water partition coefficient (Wildman–Crippen LogP) is 5.16. The third kappa shape index (κ3) is 3.93. The molecular formula is C25H18F4N4O. The van der Waals surface area contributed by atoms with Crippen LogP contribution in [0.3, 0.4) is 0 Å². The van der Waals surface area contributed by atoms with Gasteiger partial charge >= 0.3 is 0 Å². The van der Waals surface area contributed by atoms with Gasteiger partial charge in [-0.25, -0.2) is 22.2 Å². The summed E-state index contributed by atoms with van der Waals surface area (Å²) in [5, 5.41) is 4.43. The van der Waals surface area contributed by atoms with E-state index in [4.69, 9.17) is 0 Å². The Morgan fingerprint density at radius 1 is 0.941 bits per heavy atom. The molecule has 0 unspecified atom stereocenters. The molecule has 4 aromatic rings. The van der Waals surface area contributed by atoms with Crippen LogP contribution >= 0.6 is 0 Å². The Bertz CT molecular complexity index is 1390. The van der Waals surface area contributed by atoms with Gasteiger partial charge in [0.1, 0.15) is 11.6 Å². The lowest BCUT2D eigenvalue weighted by atomic mass is 10.1. The number of nitrogens with zero attached hydrogens (tertiary/aromatic N) is 4. The van der Waals surface area contributed by atoms with E-state index in [-0.39, 0.29) is 23.6 Å². The number of hydrogen-bond donors (Lipinski definition) is 0. The topological polar surface area (TPSA) is 51.0 Å². The highest BCUT2D eigenvalue weighted by Crippen LogP contribution is 2.31. The van der Waals surface area contributed by atoms with Crippen molar-refractivity contribution in [2.24, 2.45) is 0 Å². The maximum atomic E-state index is 14.7. The first-order chi connectivity index (χ1) is 16.4. The van der Waals surface area contributed by atoms with Crippen molar-refractivity contribution in [3.63, 3.8) is 0 Å². The van der Waals surface area contributed by atoms with Crippen molar-refractivity contribution < 1.29 is 22.4 Å². The molecule has 1 amide bonds. The summed E-state index contributed by atoms with van der Waals surface area (Å²) in [5.74, 6) is -4.29. The Morgan fingerprint density at radius 3 is 2.53 bits per heavy atom. The van der Waals surface area contributed by atoms with Crippen LogP contribution in [0.1, 0.15) is 33.9 Å². The average Bonchev–Trinajstić information content (AvgIpc) is 3.43. The van der Waals surface area contributed by atoms with Gasteiger partial charge in [0, 0.05) is 29.6 Å². The molecule has 0 aliphatic heterocycles. The summed E-state index contributed by atoms with van der Waals surface area (Å²) < 4.78 is 57.1. The maximum Gasteiger partial charge on any atom is 0.279 e. The van der Waals surface area contributed by atoms with E-state index < -0.39 is 29.2 Å². The van der Waals surface area contributed by atoms with Gasteiger partial charge in [-0.3, -0.25) is 14.7 Å². The SMILES string of the molecule is O=C(c1nn(-c2ccc(F)c(F)c2)c2c1CCC2)N(Cc1ccccn1)c1ccc(F)cc1F. The van der Waals surface area contributed by atoms with Crippen molar-refractivity contribution in [3.05, 3.63) is 107 Å². The highest BCUT2D eigenvalue weighted by atomic mass is 19.2. The predicted molar refractivity (Wildman–Crippen MR) is 117 cm³/mol. The minimum absolute atomic E-state index is 0.0744. The molecule has 0 saturated heterocycles. The van der Waals surface area contributed by atoms with E-state index in [0.717, 1.165) is 29.5 Å². The van der Waals surface area contributed by atoms with Crippen molar-refractivity contribution >= 4 is 11.6 Å². The monoisotopic (exact) mass is 466 g/mol. The Kier molecular flexibility index (Phi) is 5.61. The second-order valence-electron chi connectivity index (χ2n) is 7.95. The molecule has 2 heterocycles. The molecule has 9 heteroatoms. The van der Waals surface area contributed by atoms with Gasteiger partial charge in [0.25, 0.3) is 5.91 Å². The first kappa shape index (κ1) is 21.8. The zero-order valence-electron chi connectivity index (χ0n) is 17.8. The van der Waals surface area contributed by atoms with Crippen molar-refractivity contribution in [1.82, 2.24) is 14.8 Å². The van der Waals surface area contributed by atoms with Crippen LogP contribution in [0, 0.1) is 23.3 Å². The summed E-state index contributed by atoms with van der Waals surface area (Å²) in [6.45, 7) is -0.0744. The summed E-state index contributed by atoms with van der Waals surface area (Å²) in [6, 6.07) is 11.5. The Morgan fingerprint density at radius 2 is 1.79 bits per heavy atom. The van der Waals surface area contributed by atoms with E-state index in [1.54, 1.807) is 24.4 Å². The number of amides is 1. The normalized spacial score (nSPS) is 12.6. The van der Waals surface area contributed by atoms with E-state index >= 15 is 0 Å². The molecule has 0 saturated carbocycles. The smallest absolute Gasteiger partial charge is 0.279 e. The summed E-state index contributed by atoms with van der Waals surface area (Å²) >= 11 is 0. The largest absolute Gasteiger partial charge is 0.298 e. The number of pyridine rings is 1. The molecule has 0 bridgehead atoms. The molecule has 34 heavy (non-hydrogen) atoms. The minimum Gasteiger partial charge on any atom is -0.298 e. The number of hydrogen-bond acceptors (Lipinski definition) is 3. The van der Waals surface area contributed by atoms with Crippen LogP contribution in [0.4, 0.5) is 23.2 Å². The number of carbonyl (C=O) groups is 1. The van der Waals surface area contributed by atoms with Gasteiger partial charge in [-0.15, -0.1) is 0 Å². The lowest BCUT2D eigenvalue weighted by Gasteiger charge is -2.22. The molecule has 2 aromatic heterocycles. The molecule has 5 rings (SSSR count). The molecule has 1 aliphatic carbocycles. The van der Waals surface area contributed by atoms with Gasteiger partial charge in [-0.2, -0.15) is 5.10 Å². The third-order valence-electron chi connectivity index (χ3n) is 5.77. The van der Waals surface area contributed by atoms with Crippen LogP contribution in [-0.2, 0) is 19.4 Å². The fraction of sp³-hybridized carbons (Fsp3) is 0.160. The minimum atomic E-state index is -1.03. The number of benzene rings is 2. The standard InChI is InChI=1S/C25H18F4N4O/c26-15-7-10-23(21(29)12-15)32(14-16-4-1-2-11-30-16)25(34)24-18-5-3-6-22(18)33(31-24)17-8-9-19(27)20(28)13-17/h1-2,4,7-13H,3,5-6,14H2. The van der Waals surface area contributed by atoms with Crippen LogP contribution in [0.25, 0.3) is 5.69 Å². The molecule has 1 aliphatic rings. The van der Waals surface area contributed by atoms with Gasteiger partial charge < -0.3 is 0 Å². The average molecular weight is 466 g/mol. The van der Waals surface area contributed by atoms with E-state index in [2.05, 4.69) is 10.1 Å². The lowest BCUT2D eigenvalue weighted by molar-refractivity contribution is 0.0977. The van der Waals surface area contributed by atoms with E-state index in [0.29, 0.717) is 35.9 Å². The van der Waals surface area contributed by atoms with E-state index in [1.165, 1.54) is 16.8 Å². The third-order valence-corrected chi connectivity index (χ3v) is 5.77. The molecule has 2 aromatic carbocycles. The van der Waals surface area contributed by atoms with Gasteiger partial charge in [0.15, 0.2) is 17.3 Å². The summed E-state index contributed by atoms with van der Waals surface area (Å²) in [5.41, 5.74) is 2.12. The van der Waals surface area contributed by atoms with Crippen molar-refractivity contribution in [2.45, 2.75) is 25.8 Å². The number of rotatable bonds is 5. The quantitative estimate of drug-likeness (QED) is 0.382. The highest BCUT2D eigenvalue weighted by Gasteiger charge is 2.31. The Labute approximate surface area is 192 Å². The van der Waals surface area contributed by atoms with Gasteiger partial charge in [-0.05, 0) is 55.7 Å². The number of carbonyl (C=O) groups excluding carboxylic acids is 1. The first-order valence-electron chi connectivity index (χ1n) is 10.7. The molecule has 0 atom stereocenters. The maximum absolute atomic E-state index is 14.7. The zero-order valence-corrected chi connectivity index (χ0v) is 17.8. The van der Waals surface area contributed by atoms with E-state index in [9.17, 15) is 22.4 Å². The second-order valence-corrected chi connectivity index (χ2v) is 7.95.